The topological polar surface area (TPSA) is 64.2 Å². The van der Waals surface area contributed by atoms with Crippen LogP contribution >= 0.6 is 11.8 Å². The van der Waals surface area contributed by atoms with Gasteiger partial charge >= 0.3 is 0 Å². The minimum atomic E-state index is 0.155. The van der Waals surface area contributed by atoms with E-state index in [0.717, 1.165) is 24.5 Å². The van der Waals surface area contributed by atoms with Crippen molar-refractivity contribution < 1.29 is 9.21 Å². The third-order valence-electron chi connectivity index (χ3n) is 5.30. The monoisotopic (exact) mass is 410 g/mol. The molecule has 1 saturated heterocycles. The van der Waals surface area contributed by atoms with Gasteiger partial charge in [0.2, 0.25) is 5.91 Å². The van der Waals surface area contributed by atoms with Gasteiger partial charge < -0.3 is 9.32 Å². The second-order valence-corrected chi connectivity index (χ2v) is 8.43. The van der Waals surface area contributed by atoms with Crippen LogP contribution in [0, 0.1) is 13.8 Å². The number of rotatable bonds is 6. The zero-order chi connectivity index (χ0) is 20.4. The molecule has 2 aromatic heterocycles. The number of hydrogen-bond donors (Lipinski definition) is 0. The van der Waals surface area contributed by atoms with E-state index in [-0.39, 0.29) is 11.9 Å². The minimum Gasteiger partial charge on any atom is -0.461 e. The number of thioether (sulfide) groups is 1. The Hall–Kier alpha value is -2.54. The summed E-state index contributed by atoms with van der Waals surface area (Å²) in [5.41, 5.74) is 3.74. The van der Waals surface area contributed by atoms with Crippen molar-refractivity contribution in [2.24, 2.45) is 0 Å². The Morgan fingerprint density at radius 3 is 2.72 bits per heavy atom. The van der Waals surface area contributed by atoms with Crippen molar-refractivity contribution in [3.05, 3.63) is 53.3 Å². The minimum absolute atomic E-state index is 0.155. The van der Waals surface area contributed by atoms with Crippen LogP contribution in [0.25, 0.3) is 11.6 Å². The molecule has 4 rings (SSSR count). The Balaban J connectivity index is 1.47. The van der Waals surface area contributed by atoms with E-state index in [1.807, 2.05) is 28.5 Å². The molecule has 0 bridgehead atoms. The summed E-state index contributed by atoms with van der Waals surface area (Å²) in [5, 5.41) is 9.29. The fourth-order valence-electron chi connectivity index (χ4n) is 4.09. The zero-order valence-corrected chi connectivity index (χ0v) is 17.9. The molecule has 1 aliphatic heterocycles. The van der Waals surface area contributed by atoms with Crippen molar-refractivity contribution >= 4 is 17.7 Å². The van der Waals surface area contributed by atoms with Crippen LogP contribution in [0.2, 0.25) is 0 Å². The molecule has 1 amide bonds. The third kappa shape index (κ3) is 4.10. The van der Waals surface area contributed by atoms with Crippen molar-refractivity contribution in [3.63, 3.8) is 0 Å². The summed E-state index contributed by atoms with van der Waals surface area (Å²) in [5.74, 6) is 1.90. The van der Waals surface area contributed by atoms with Gasteiger partial charge in [-0.3, -0.25) is 9.36 Å². The van der Waals surface area contributed by atoms with Gasteiger partial charge in [-0.1, -0.05) is 41.1 Å². The first kappa shape index (κ1) is 19.8. The highest BCUT2D eigenvalue weighted by Crippen LogP contribution is 2.34. The van der Waals surface area contributed by atoms with Gasteiger partial charge in [0.05, 0.1) is 18.1 Å². The van der Waals surface area contributed by atoms with Gasteiger partial charge in [0.15, 0.2) is 16.7 Å². The number of benzene rings is 1. The smallest absolute Gasteiger partial charge is 0.233 e. The Morgan fingerprint density at radius 2 is 2.03 bits per heavy atom. The molecular formula is C22H26N4O2S. The lowest BCUT2D eigenvalue weighted by Crippen LogP contribution is -2.32. The summed E-state index contributed by atoms with van der Waals surface area (Å²) in [4.78, 5) is 15.1. The lowest BCUT2D eigenvalue weighted by molar-refractivity contribution is -0.129. The molecule has 29 heavy (non-hydrogen) atoms. The fourth-order valence-corrected chi connectivity index (χ4v) is 4.98. The molecule has 1 aromatic carbocycles. The van der Waals surface area contributed by atoms with E-state index in [0.29, 0.717) is 23.9 Å². The van der Waals surface area contributed by atoms with Crippen LogP contribution in [0.3, 0.4) is 0 Å². The van der Waals surface area contributed by atoms with Gasteiger partial charge in [0, 0.05) is 13.1 Å². The first-order chi connectivity index (χ1) is 14.1. The Bertz CT molecular complexity index is 976. The average Bonchev–Trinajstić information content (AvgIpc) is 3.45. The quantitative estimate of drug-likeness (QED) is 0.554. The first-order valence-electron chi connectivity index (χ1n) is 10.0. The Kier molecular flexibility index (Phi) is 5.76. The number of aryl methyl sites for hydroxylation is 2. The predicted molar refractivity (Wildman–Crippen MR) is 114 cm³/mol. The molecule has 0 aliphatic carbocycles. The normalized spacial score (nSPS) is 16.5. The van der Waals surface area contributed by atoms with E-state index in [2.05, 4.69) is 42.2 Å². The van der Waals surface area contributed by atoms with Crippen molar-refractivity contribution in [3.8, 4) is 11.6 Å². The molecule has 7 heteroatoms. The third-order valence-corrected chi connectivity index (χ3v) is 6.25. The summed E-state index contributed by atoms with van der Waals surface area (Å²) in [7, 11) is 0. The maximum Gasteiger partial charge on any atom is 0.233 e. The largest absolute Gasteiger partial charge is 0.461 e. The standard InChI is InChI=1S/C22H26N4O2S/c1-4-25-21(19-8-6-10-28-19)23-24-22(25)29-14-20(27)26-9-5-7-18(26)17-12-15(2)11-16(3)13-17/h6,8,10-13,18H,4-5,7,9,14H2,1-3H3. The number of likely N-dealkylation sites (tertiary alicyclic amines) is 1. The highest BCUT2D eigenvalue weighted by Gasteiger charge is 2.30. The lowest BCUT2D eigenvalue weighted by atomic mass is 9.99. The highest BCUT2D eigenvalue weighted by molar-refractivity contribution is 7.99. The van der Waals surface area contributed by atoms with Crippen LogP contribution in [-0.4, -0.2) is 37.9 Å². The van der Waals surface area contributed by atoms with Crippen LogP contribution in [0.1, 0.15) is 42.5 Å². The summed E-state index contributed by atoms with van der Waals surface area (Å²) >= 11 is 1.44. The molecule has 1 atom stereocenters. The molecule has 0 radical (unpaired) electrons. The summed E-state index contributed by atoms with van der Waals surface area (Å²) in [6.45, 7) is 7.80. The molecule has 1 fully saturated rings. The molecule has 3 heterocycles. The van der Waals surface area contributed by atoms with Gasteiger partial charge in [0.1, 0.15) is 0 Å². The van der Waals surface area contributed by atoms with Crippen molar-refractivity contribution in [1.82, 2.24) is 19.7 Å². The van der Waals surface area contributed by atoms with Crippen LogP contribution in [0.4, 0.5) is 0 Å². The van der Waals surface area contributed by atoms with E-state index in [4.69, 9.17) is 4.42 Å². The molecule has 152 valence electrons. The van der Waals surface area contributed by atoms with Crippen molar-refractivity contribution in [2.45, 2.75) is 51.4 Å². The van der Waals surface area contributed by atoms with Crippen molar-refractivity contribution in [2.75, 3.05) is 12.3 Å². The lowest BCUT2D eigenvalue weighted by Gasteiger charge is -2.25. The summed E-state index contributed by atoms with van der Waals surface area (Å²) in [6, 6.07) is 10.5. The van der Waals surface area contributed by atoms with E-state index in [1.54, 1.807) is 6.26 Å². The molecule has 1 unspecified atom stereocenters. The highest BCUT2D eigenvalue weighted by atomic mass is 32.2. The second-order valence-electron chi connectivity index (χ2n) is 7.48. The zero-order valence-electron chi connectivity index (χ0n) is 17.1. The van der Waals surface area contributed by atoms with E-state index in [9.17, 15) is 4.79 Å². The Morgan fingerprint density at radius 1 is 1.24 bits per heavy atom. The molecule has 6 nitrogen and oxygen atoms in total. The maximum atomic E-state index is 13.0. The van der Waals surface area contributed by atoms with Gasteiger partial charge in [-0.25, -0.2) is 0 Å². The summed E-state index contributed by atoms with van der Waals surface area (Å²) in [6.07, 6.45) is 3.69. The number of hydrogen-bond acceptors (Lipinski definition) is 5. The van der Waals surface area contributed by atoms with Crippen LogP contribution in [-0.2, 0) is 11.3 Å². The van der Waals surface area contributed by atoms with E-state index in [1.165, 1.54) is 28.5 Å². The molecule has 1 aliphatic rings. The van der Waals surface area contributed by atoms with Crippen LogP contribution in [0.5, 0.6) is 0 Å². The van der Waals surface area contributed by atoms with E-state index < -0.39 is 0 Å². The van der Waals surface area contributed by atoms with Gasteiger partial charge in [0.25, 0.3) is 0 Å². The number of nitrogens with zero attached hydrogens (tertiary/aromatic N) is 4. The molecule has 3 aromatic rings. The number of carbonyl (C=O) groups is 1. The second kappa shape index (κ2) is 8.45. The van der Waals surface area contributed by atoms with Crippen LogP contribution < -0.4 is 0 Å². The SMILES string of the molecule is CCn1c(SCC(=O)N2CCCC2c2cc(C)cc(C)c2)nnc1-c1ccco1. The van der Waals surface area contributed by atoms with E-state index >= 15 is 0 Å². The number of furan rings is 1. The first-order valence-corrected chi connectivity index (χ1v) is 11.0. The average molecular weight is 411 g/mol. The molecule has 0 spiro atoms. The molecular weight excluding hydrogens is 384 g/mol. The number of amides is 1. The van der Waals surface area contributed by atoms with Gasteiger partial charge in [-0.15, -0.1) is 10.2 Å². The predicted octanol–water partition coefficient (Wildman–Crippen LogP) is 4.63. The summed E-state index contributed by atoms with van der Waals surface area (Å²) < 4.78 is 7.45. The van der Waals surface area contributed by atoms with Crippen molar-refractivity contribution in [1.29, 1.82) is 0 Å². The van der Waals surface area contributed by atoms with Gasteiger partial charge in [-0.05, 0) is 51.3 Å². The number of carbonyl (C=O) groups excluding carboxylic acids is 1. The van der Waals surface area contributed by atoms with Crippen LogP contribution in [0.15, 0.2) is 46.2 Å². The van der Waals surface area contributed by atoms with Gasteiger partial charge in [-0.2, -0.15) is 0 Å². The Labute approximate surface area is 175 Å². The number of aromatic nitrogens is 3. The fraction of sp³-hybridized carbons (Fsp3) is 0.409. The maximum absolute atomic E-state index is 13.0. The molecule has 0 N–H and O–H groups in total. The molecule has 0 saturated carbocycles.